The predicted octanol–water partition coefficient (Wildman–Crippen LogP) is 1.28. The summed E-state index contributed by atoms with van der Waals surface area (Å²) in [5.74, 6) is 1.39. The molecule has 1 atom stereocenters. The van der Waals surface area contributed by atoms with Crippen molar-refractivity contribution in [1.82, 2.24) is 10.2 Å². The third kappa shape index (κ3) is 5.79. The molecule has 0 bridgehead atoms. The summed E-state index contributed by atoms with van der Waals surface area (Å²) < 4.78 is 23.5. The number of rotatable bonds is 8. The third-order valence-corrected chi connectivity index (χ3v) is 5.94. The lowest BCUT2D eigenvalue weighted by Gasteiger charge is -2.32. The summed E-state index contributed by atoms with van der Waals surface area (Å²) >= 11 is 0. The summed E-state index contributed by atoms with van der Waals surface area (Å²) in [5, 5.41) is 3.59. The number of hydrogen-bond donors (Lipinski definition) is 1. The second-order valence-electron chi connectivity index (χ2n) is 6.14. The first-order valence-electron chi connectivity index (χ1n) is 7.75. The van der Waals surface area contributed by atoms with Crippen molar-refractivity contribution in [3.63, 3.8) is 0 Å². The smallest absolute Gasteiger partial charge is 0.151 e. The maximum Gasteiger partial charge on any atom is 0.151 e. The maximum atomic E-state index is 11.7. The molecule has 1 saturated carbocycles. The molecule has 0 amide bonds. The van der Waals surface area contributed by atoms with Gasteiger partial charge in [-0.3, -0.25) is 0 Å². The SMILES string of the molecule is CCCS(=O)(=O)CCN1CCCC(CNC2CC2)C1. The molecule has 2 fully saturated rings. The van der Waals surface area contributed by atoms with Crippen LogP contribution < -0.4 is 5.32 Å². The topological polar surface area (TPSA) is 49.4 Å². The Labute approximate surface area is 117 Å². The summed E-state index contributed by atoms with van der Waals surface area (Å²) in [5.41, 5.74) is 0. The van der Waals surface area contributed by atoms with Crippen molar-refractivity contribution in [2.24, 2.45) is 5.92 Å². The van der Waals surface area contributed by atoms with Gasteiger partial charge in [-0.1, -0.05) is 6.92 Å². The average molecular weight is 288 g/mol. The van der Waals surface area contributed by atoms with E-state index in [4.69, 9.17) is 0 Å². The zero-order valence-corrected chi connectivity index (χ0v) is 12.9. The minimum Gasteiger partial charge on any atom is -0.314 e. The van der Waals surface area contributed by atoms with Crippen LogP contribution >= 0.6 is 0 Å². The Kier molecular flexibility index (Phi) is 5.66. The maximum absolute atomic E-state index is 11.7. The van der Waals surface area contributed by atoms with Gasteiger partial charge in [-0.25, -0.2) is 8.42 Å². The Morgan fingerprint density at radius 1 is 1.21 bits per heavy atom. The van der Waals surface area contributed by atoms with E-state index in [1.54, 1.807) is 0 Å². The van der Waals surface area contributed by atoms with E-state index in [1.807, 2.05) is 6.92 Å². The molecule has 0 aromatic heterocycles. The number of likely N-dealkylation sites (tertiary alicyclic amines) is 1. The zero-order valence-electron chi connectivity index (χ0n) is 12.1. The van der Waals surface area contributed by atoms with Crippen molar-refractivity contribution in [1.29, 1.82) is 0 Å². The first-order valence-corrected chi connectivity index (χ1v) is 9.57. The van der Waals surface area contributed by atoms with Crippen LogP contribution in [0.25, 0.3) is 0 Å². The predicted molar refractivity (Wildman–Crippen MR) is 79.1 cm³/mol. The highest BCUT2D eigenvalue weighted by Crippen LogP contribution is 2.21. The van der Waals surface area contributed by atoms with Crippen molar-refractivity contribution >= 4 is 9.84 Å². The molecule has 1 heterocycles. The molecule has 1 aliphatic heterocycles. The Bertz CT molecular complexity index is 366. The third-order valence-electron chi connectivity index (χ3n) is 4.11. The molecule has 0 aromatic carbocycles. The van der Waals surface area contributed by atoms with Crippen molar-refractivity contribution in [2.45, 2.75) is 45.1 Å². The molecular formula is C14H28N2O2S. The summed E-state index contributed by atoms with van der Waals surface area (Å²) in [6.45, 7) is 5.91. The lowest BCUT2D eigenvalue weighted by atomic mass is 9.98. The van der Waals surface area contributed by atoms with Gasteiger partial charge in [0.2, 0.25) is 0 Å². The van der Waals surface area contributed by atoms with Crippen LogP contribution in [-0.2, 0) is 9.84 Å². The van der Waals surface area contributed by atoms with Crippen LogP contribution in [0.1, 0.15) is 39.0 Å². The fourth-order valence-corrected chi connectivity index (χ4v) is 4.19. The number of sulfone groups is 1. The van der Waals surface area contributed by atoms with E-state index >= 15 is 0 Å². The highest BCUT2D eigenvalue weighted by atomic mass is 32.2. The highest BCUT2D eigenvalue weighted by molar-refractivity contribution is 7.91. The fraction of sp³-hybridized carbons (Fsp3) is 1.00. The summed E-state index contributed by atoms with van der Waals surface area (Å²) in [7, 11) is -2.82. The van der Waals surface area contributed by atoms with E-state index in [1.165, 1.54) is 25.7 Å². The second kappa shape index (κ2) is 7.04. The molecule has 4 nitrogen and oxygen atoms in total. The van der Waals surface area contributed by atoms with Crippen LogP contribution in [0.15, 0.2) is 0 Å². The lowest BCUT2D eigenvalue weighted by Crippen LogP contribution is -2.42. The molecule has 1 saturated heterocycles. The van der Waals surface area contributed by atoms with Gasteiger partial charge < -0.3 is 10.2 Å². The zero-order chi connectivity index (χ0) is 13.7. The van der Waals surface area contributed by atoms with Crippen molar-refractivity contribution in [3.8, 4) is 0 Å². The van der Waals surface area contributed by atoms with Gasteiger partial charge >= 0.3 is 0 Å². The van der Waals surface area contributed by atoms with E-state index in [0.29, 0.717) is 17.4 Å². The van der Waals surface area contributed by atoms with Gasteiger partial charge in [0.1, 0.15) is 0 Å². The highest BCUT2D eigenvalue weighted by Gasteiger charge is 2.25. The number of piperidine rings is 1. The molecule has 2 aliphatic rings. The van der Waals surface area contributed by atoms with Gasteiger partial charge in [-0.2, -0.15) is 0 Å². The molecule has 1 unspecified atom stereocenters. The average Bonchev–Trinajstić information content (AvgIpc) is 3.19. The quantitative estimate of drug-likeness (QED) is 0.731. The fourth-order valence-electron chi connectivity index (χ4n) is 2.82. The van der Waals surface area contributed by atoms with Gasteiger partial charge in [-0.15, -0.1) is 0 Å². The van der Waals surface area contributed by atoms with Crippen molar-refractivity contribution in [3.05, 3.63) is 0 Å². The van der Waals surface area contributed by atoms with Crippen LogP contribution in [-0.4, -0.2) is 57.0 Å². The molecule has 2 rings (SSSR count). The molecule has 1 aliphatic carbocycles. The Morgan fingerprint density at radius 2 is 2.00 bits per heavy atom. The molecule has 5 heteroatoms. The Balaban J connectivity index is 1.68. The molecule has 1 N–H and O–H groups in total. The van der Waals surface area contributed by atoms with Gasteiger partial charge in [0.05, 0.1) is 5.75 Å². The van der Waals surface area contributed by atoms with E-state index in [9.17, 15) is 8.42 Å². The van der Waals surface area contributed by atoms with Crippen molar-refractivity contribution in [2.75, 3.05) is 37.7 Å². The standard InChI is InChI=1S/C14H28N2O2S/c1-2-9-19(17,18)10-8-16-7-3-4-13(12-16)11-15-14-5-6-14/h13-15H,2-12H2,1H3. The first kappa shape index (κ1) is 15.3. The van der Waals surface area contributed by atoms with E-state index in [2.05, 4.69) is 10.2 Å². The van der Waals surface area contributed by atoms with E-state index in [0.717, 1.165) is 38.6 Å². The van der Waals surface area contributed by atoms with E-state index in [-0.39, 0.29) is 0 Å². The van der Waals surface area contributed by atoms with E-state index < -0.39 is 9.84 Å². The largest absolute Gasteiger partial charge is 0.314 e. The Hall–Kier alpha value is -0.130. The van der Waals surface area contributed by atoms with Crippen molar-refractivity contribution < 1.29 is 8.42 Å². The molecule has 112 valence electrons. The van der Waals surface area contributed by atoms with Crippen LogP contribution in [0, 0.1) is 5.92 Å². The minimum absolute atomic E-state index is 0.337. The first-order chi connectivity index (χ1) is 9.09. The van der Waals surface area contributed by atoms with Gasteiger partial charge in [0.25, 0.3) is 0 Å². The van der Waals surface area contributed by atoms with Crippen LogP contribution in [0.5, 0.6) is 0 Å². The molecular weight excluding hydrogens is 260 g/mol. The number of nitrogens with zero attached hydrogens (tertiary/aromatic N) is 1. The monoisotopic (exact) mass is 288 g/mol. The minimum atomic E-state index is -2.82. The molecule has 0 aromatic rings. The Morgan fingerprint density at radius 3 is 2.68 bits per heavy atom. The summed E-state index contributed by atoms with van der Waals surface area (Å²) in [6.07, 6.45) is 5.91. The summed E-state index contributed by atoms with van der Waals surface area (Å²) in [6, 6.07) is 0.778. The van der Waals surface area contributed by atoms with Crippen LogP contribution in [0.4, 0.5) is 0 Å². The van der Waals surface area contributed by atoms with Gasteiger partial charge in [0.15, 0.2) is 9.84 Å². The molecule has 19 heavy (non-hydrogen) atoms. The summed E-state index contributed by atoms with van der Waals surface area (Å²) in [4.78, 5) is 2.34. The lowest BCUT2D eigenvalue weighted by molar-refractivity contribution is 0.180. The normalized spacial score (nSPS) is 25.6. The van der Waals surface area contributed by atoms with Gasteiger partial charge in [0, 0.05) is 24.9 Å². The van der Waals surface area contributed by atoms with Gasteiger partial charge in [-0.05, 0) is 51.1 Å². The number of hydrogen-bond acceptors (Lipinski definition) is 4. The second-order valence-corrected chi connectivity index (χ2v) is 8.45. The van der Waals surface area contributed by atoms with Crippen LogP contribution in [0.3, 0.4) is 0 Å². The molecule has 0 radical (unpaired) electrons. The van der Waals surface area contributed by atoms with Crippen LogP contribution in [0.2, 0.25) is 0 Å². The number of nitrogens with one attached hydrogen (secondary N) is 1. The molecule has 0 spiro atoms.